The zero-order chi connectivity index (χ0) is 16.4. The highest BCUT2D eigenvalue weighted by Gasteiger charge is 2.55. The molecule has 1 N–H and O–H groups in total. The van der Waals surface area contributed by atoms with Crippen molar-refractivity contribution >= 4 is 10.0 Å². The Morgan fingerprint density at radius 1 is 1.32 bits per heavy atom. The predicted octanol–water partition coefficient (Wildman–Crippen LogP) is 0.688. The van der Waals surface area contributed by atoms with Crippen molar-refractivity contribution in [2.75, 3.05) is 45.7 Å². The molecule has 1 heterocycles. The SMILES string of the molecule is CO[C@@H]1[C@H](C)[C@@H](NS(=O)(=O)CCCN2CCOCC2)C1(C)C. The maximum Gasteiger partial charge on any atom is 0.211 e. The minimum atomic E-state index is -3.24. The molecule has 0 bridgehead atoms. The summed E-state index contributed by atoms with van der Waals surface area (Å²) >= 11 is 0. The van der Waals surface area contributed by atoms with Gasteiger partial charge in [-0.2, -0.15) is 0 Å². The summed E-state index contributed by atoms with van der Waals surface area (Å²) in [5.74, 6) is 0.385. The Morgan fingerprint density at radius 2 is 1.95 bits per heavy atom. The number of nitrogens with zero attached hydrogens (tertiary/aromatic N) is 1. The number of morpholine rings is 1. The maximum absolute atomic E-state index is 12.3. The zero-order valence-electron chi connectivity index (χ0n) is 14.2. The van der Waals surface area contributed by atoms with Crippen molar-refractivity contribution in [3.8, 4) is 0 Å². The van der Waals surface area contributed by atoms with E-state index in [1.165, 1.54) is 0 Å². The van der Waals surface area contributed by atoms with Gasteiger partial charge in [0.15, 0.2) is 0 Å². The van der Waals surface area contributed by atoms with Crippen LogP contribution in [0.2, 0.25) is 0 Å². The highest BCUT2D eigenvalue weighted by atomic mass is 32.2. The lowest BCUT2D eigenvalue weighted by atomic mass is 9.58. The molecule has 0 aromatic carbocycles. The Bertz CT molecular complexity index is 460. The average Bonchev–Trinajstić information content (AvgIpc) is 2.46. The van der Waals surface area contributed by atoms with E-state index in [0.717, 1.165) is 32.8 Å². The molecular formula is C15H30N2O4S. The molecule has 0 radical (unpaired) electrons. The average molecular weight is 334 g/mol. The second kappa shape index (κ2) is 7.13. The van der Waals surface area contributed by atoms with Crippen LogP contribution in [0.25, 0.3) is 0 Å². The summed E-state index contributed by atoms with van der Waals surface area (Å²) in [4.78, 5) is 2.26. The Hall–Kier alpha value is -0.210. The number of methoxy groups -OCH3 is 1. The van der Waals surface area contributed by atoms with E-state index in [1.807, 2.05) is 6.92 Å². The lowest BCUT2D eigenvalue weighted by molar-refractivity contribution is -0.138. The molecule has 22 heavy (non-hydrogen) atoms. The molecule has 0 spiro atoms. The van der Waals surface area contributed by atoms with E-state index in [-0.39, 0.29) is 29.2 Å². The third-order valence-electron chi connectivity index (χ3n) is 5.09. The molecule has 1 saturated carbocycles. The van der Waals surface area contributed by atoms with Crippen LogP contribution >= 0.6 is 0 Å². The monoisotopic (exact) mass is 334 g/mol. The molecule has 130 valence electrons. The lowest BCUT2D eigenvalue weighted by Gasteiger charge is -2.56. The lowest BCUT2D eigenvalue weighted by Crippen LogP contribution is -2.68. The molecule has 2 rings (SSSR count). The topological polar surface area (TPSA) is 67.9 Å². The molecule has 6 nitrogen and oxygen atoms in total. The molecule has 0 unspecified atom stereocenters. The normalized spacial score (nSPS) is 32.6. The van der Waals surface area contributed by atoms with Gasteiger partial charge in [0.25, 0.3) is 0 Å². The van der Waals surface area contributed by atoms with E-state index in [1.54, 1.807) is 7.11 Å². The molecule has 1 saturated heterocycles. The second-order valence-corrected chi connectivity index (χ2v) is 8.93. The van der Waals surface area contributed by atoms with Crippen molar-refractivity contribution < 1.29 is 17.9 Å². The number of hydrogen-bond donors (Lipinski definition) is 1. The summed E-state index contributed by atoms with van der Waals surface area (Å²) in [6.07, 6.45) is 0.762. The molecule has 3 atom stereocenters. The van der Waals surface area contributed by atoms with Gasteiger partial charge in [-0.15, -0.1) is 0 Å². The largest absolute Gasteiger partial charge is 0.380 e. The summed E-state index contributed by atoms with van der Waals surface area (Å²) in [5, 5.41) is 0. The Balaban J connectivity index is 1.79. The summed E-state index contributed by atoms with van der Waals surface area (Å²) in [7, 11) is -1.55. The first-order valence-corrected chi connectivity index (χ1v) is 9.76. The third-order valence-corrected chi connectivity index (χ3v) is 6.53. The highest BCUT2D eigenvalue weighted by molar-refractivity contribution is 7.89. The second-order valence-electron chi connectivity index (χ2n) is 7.06. The number of sulfonamides is 1. The molecule has 7 heteroatoms. The summed E-state index contributed by atoms with van der Waals surface area (Å²) in [5.41, 5.74) is -0.161. The van der Waals surface area contributed by atoms with Gasteiger partial charge in [0.05, 0.1) is 25.1 Å². The van der Waals surface area contributed by atoms with E-state index in [2.05, 4.69) is 23.5 Å². The number of nitrogens with one attached hydrogen (secondary N) is 1. The summed E-state index contributed by atoms with van der Waals surface area (Å²) in [6.45, 7) is 10.3. The number of ether oxygens (including phenoxy) is 2. The van der Waals surface area contributed by atoms with E-state index >= 15 is 0 Å². The van der Waals surface area contributed by atoms with Crippen LogP contribution in [0.1, 0.15) is 27.2 Å². The first-order chi connectivity index (χ1) is 10.3. The van der Waals surface area contributed by atoms with Crippen LogP contribution < -0.4 is 4.72 Å². The van der Waals surface area contributed by atoms with Crippen LogP contribution in [-0.4, -0.2) is 71.2 Å². The van der Waals surface area contributed by atoms with Gasteiger partial charge in [-0.1, -0.05) is 20.8 Å². The third kappa shape index (κ3) is 4.00. The van der Waals surface area contributed by atoms with Gasteiger partial charge < -0.3 is 9.47 Å². The van der Waals surface area contributed by atoms with E-state index in [4.69, 9.17) is 9.47 Å². The first-order valence-electron chi connectivity index (χ1n) is 8.11. The first kappa shape index (κ1) is 18.1. The molecule has 1 aliphatic carbocycles. The molecule has 0 aromatic rings. The van der Waals surface area contributed by atoms with Gasteiger partial charge in [0, 0.05) is 31.7 Å². The molecular weight excluding hydrogens is 304 g/mol. The minimum absolute atomic E-state index is 0.0502. The quantitative estimate of drug-likeness (QED) is 0.742. The fourth-order valence-electron chi connectivity index (χ4n) is 3.92. The van der Waals surface area contributed by atoms with Crippen molar-refractivity contribution in [2.45, 2.75) is 39.3 Å². The maximum atomic E-state index is 12.3. The van der Waals surface area contributed by atoms with E-state index in [9.17, 15) is 8.42 Å². The molecule has 0 aromatic heterocycles. The van der Waals surface area contributed by atoms with Crippen LogP contribution in [0.15, 0.2) is 0 Å². The number of hydrogen-bond acceptors (Lipinski definition) is 5. The van der Waals surface area contributed by atoms with Crippen LogP contribution in [0.5, 0.6) is 0 Å². The fraction of sp³-hybridized carbons (Fsp3) is 1.00. The van der Waals surface area contributed by atoms with Crippen LogP contribution in [-0.2, 0) is 19.5 Å². The summed E-state index contributed by atoms with van der Waals surface area (Å²) < 4.78 is 38.3. The van der Waals surface area contributed by atoms with Crippen molar-refractivity contribution in [1.29, 1.82) is 0 Å². The van der Waals surface area contributed by atoms with Crippen LogP contribution in [0, 0.1) is 11.3 Å². The van der Waals surface area contributed by atoms with Gasteiger partial charge in [0.1, 0.15) is 0 Å². The Kier molecular flexibility index (Phi) is 5.88. The van der Waals surface area contributed by atoms with Crippen LogP contribution in [0.4, 0.5) is 0 Å². The Labute approximate surface area is 134 Å². The molecule has 0 amide bonds. The van der Waals surface area contributed by atoms with Gasteiger partial charge >= 0.3 is 0 Å². The number of rotatable bonds is 7. The van der Waals surface area contributed by atoms with Crippen molar-refractivity contribution in [3.05, 3.63) is 0 Å². The van der Waals surface area contributed by atoms with Gasteiger partial charge in [-0.3, -0.25) is 4.90 Å². The minimum Gasteiger partial charge on any atom is -0.380 e. The fourth-order valence-corrected chi connectivity index (χ4v) is 5.45. The predicted molar refractivity (Wildman–Crippen MR) is 86.3 cm³/mol. The van der Waals surface area contributed by atoms with Crippen molar-refractivity contribution in [3.63, 3.8) is 0 Å². The van der Waals surface area contributed by atoms with Crippen molar-refractivity contribution in [1.82, 2.24) is 9.62 Å². The van der Waals surface area contributed by atoms with Gasteiger partial charge in [-0.05, 0) is 18.9 Å². The van der Waals surface area contributed by atoms with Gasteiger partial charge in [0.2, 0.25) is 10.0 Å². The molecule has 1 aliphatic heterocycles. The molecule has 2 fully saturated rings. The standard InChI is InChI=1S/C15H30N2O4S/c1-12-13(15(2,3)14(12)20-4)16-22(18,19)11-5-6-17-7-9-21-10-8-17/h12-14,16H,5-11H2,1-4H3/t12-,13-,14-/m1/s1. The highest BCUT2D eigenvalue weighted by Crippen LogP contribution is 2.47. The Morgan fingerprint density at radius 3 is 2.50 bits per heavy atom. The van der Waals surface area contributed by atoms with E-state index < -0.39 is 10.0 Å². The van der Waals surface area contributed by atoms with Crippen LogP contribution in [0.3, 0.4) is 0 Å². The smallest absolute Gasteiger partial charge is 0.211 e. The zero-order valence-corrected chi connectivity index (χ0v) is 15.0. The summed E-state index contributed by atoms with van der Waals surface area (Å²) in [6, 6.07) is -0.0502. The van der Waals surface area contributed by atoms with Crippen molar-refractivity contribution in [2.24, 2.45) is 11.3 Å². The van der Waals surface area contributed by atoms with E-state index in [0.29, 0.717) is 6.42 Å². The molecule has 2 aliphatic rings. The van der Waals surface area contributed by atoms with Gasteiger partial charge in [-0.25, -0.2) is 13.1 Å².